The monoisotopic (exact) mass is 308 g/mol. The molecule has 1 unspecified atom stereocenters. The zero-order chi connectivity index (χ0) is 15.4. The van der Waals surface area contributed by atoms with E-state index in [9.17, 15) is 8.39 Å². The van der Waals surface area contributed by atoms with Crippen LogP contribution in [0.3, 0.4) is 0 Å². The van der Waals surface area contributed by atoms with Crippen molar-refractivity contribution in [1.29, 1.82) is 0 Å². The van der Waals surface area contributed by atoms with E-state index in [0.717, 1.165) is 11.1 Å². The zero-order valence-electron chi connectivity index (χ0n) is 12.4. The van der Waals surface area contributed by atoms with Crippen LogP contribution in [0.4, 0.5) is 8.39 Å². The van der Waals surface area contributed by atoms with Crippen molar-refractivity contribution in [1.82, 2.24) is 0 Å². The first-order valence-corrected chi connectivity index (χ1v) is 8.01. The Hall–Kier alpha value is -1.47. The second-order valence-corrected chi connectivity index (χ2v) is 5.96. The summed E-state index contributed by atoms with van der Waals surface area (Å²) < 4.78 is 29.8. The fraction of sp³-hybridized carbons (Fsp3) is 0.294. The molecule has 0 saturated heterocycles. The smallest absolute Gasteiger partial charge is 0.420 e. The molecule has 0 radical (unpaired) electrons. The summed E-state index contributed by atoms with van der Waals surface area (Å²) >= 11 is 0. The molecule has 21 heavy (non-hydrogen) atoms. The Labute approximate surface area is 126 Å². The maximum atomic E-state index is 12.6. The van der Waals surface area contributed by atoms with Crippen molar-refractivity contribution in [3.05, 3.63) is 65.2 Å². The molecule has 2 aromatic rings. The van der Waals surface area contributed by atoms with Crippen molar-refractivity contribution < 1.29 is 12.9 Å². The predicted octanol–water partition coefficient (Wildman–Crippen LogP) is 6.51. The van der Waals surface area contributed by atoms with Crippen LogP contribution in [0.15, 0.2) is 48.5 Å². The molecule has 0 amide bonds. The average Bonchev–Trinajstić information content (AvgIpc) is 2.46. The molecule has 0 N–H and O–H groups in total. The van der Waals surface area contributed by atoms with Crippen LogP contribution in [0.5, 0.6) is 5.75 Å². The molecule has 112 valence electrons. The number of hydrogen-bond donors (Lipinski definition) is 0. The van der Waals surface area contributed by atoms with Crippen LogP contribution < -0.4 is 4.52 Å². The Kier molecular flexibility index (Phi) is 5.30. The molecule has 0 aromatic heterocycles. The number of benzene rings is 2. The van der Waals surface area contributed by atoms with Crippen LogP contribution in [0.1, 0.15) is 49.3 Å². The van der Waals surface area contributed by atoms with Gasteiger partial charge in [-0.3, -0.25) is 0 Å². The van der Waals surface area contributed by atoms with Crippen molar-refractivity contribution in [2.75, 3.05) is 0 Å². The summed E-state index contributed by atoms with van der Waals surface area (Å²) in [5.74, 6) is 0.762. The van der Waals surface area contributed by atoms with E-state index in [1.807, 2.05) is 19.1 Å². The summed E-state index contributed by atoms with van der Waals surface area (Å²) in [4.78, 5) is 0. The third-order valence-corrected chi connectivity index (χ3v) is 3.99. The van der Waals surface area contributed by atoms with Gasteiger partial charge in [0.1, 0.15) is 5.75 Å². The van der Waals surface area contributed by atoms with Gasteiger partial charge >= 0.3 is 8.77 Å². The lowest BCUT2D eigenvalue weighted by molar-refractivity contribution is 0.500. The minimum atomic E-state index is -3.40. The van der Waals surface area contributed by atoms with Crippen molar-refractivity contribution in [2.24, 2.45) is 0 Å². The second-order valence-electron chi connectivity index (χ2n) is 5.37. The number of rotatable bonds is 5. The summed E-state index contributed by atoms with van der Waals surface area (Å²) in [7, 11) is -3.40. The first-order chi connectivity index (χ1) is 9.99. The topological polar surface area (TPSA) is 9.23 Å². The Morgan fingerprint density at radius 2 is 1.43 bits per heavy atom. The molecule has 2 rings (SSSR count). The van der Waals surface area contributed by atoms with Crippen molar-refractivity contribution in [2.45, 2.75) is 32.6 Å². The molecule has 0 aliphatic carbocycles. The minimum absolute atomic E-state index is 0.0114. The summed E-state index contributed by atoms with van der Waals surface area (Å²) in [5.41, 5.74) is 3.15. The summed E-state index contributed by atoms with van der Waals surface area (Å²) in [5, 5.41) is 0. The highest BCUT2D eigenvalue weighted by molar-refractivity contribution is 7.41. The first-order valence-electron chi connectivity index (χ1n) is 6.97. The molecule has 1 atom stereocenters. The van der Waals surface area contributed by atoms with Crippen LogP contribution in [-0.2, 0) is 0 Å². The lowest BCUT2D eigenvalue weighted by Crippen LogP contribution is -1.99. The number of halogens is 2. The molecule has 0 aliphatic heterocycles. The van der Waals surface area contributed by atoms with Gasteiger partial charge in [0, 0.05) is 11.5 Å². The number of hydrogen-bond acceptors (Lipinski definition) is 1. The largest absolute Gasteiger partial charge is 0.481 e. The minimum Gasteiger partial charge on any atom is -0.420 e. The average molecular weight is 308 g/mol. The van der Waals surface area contributed by atoms with Crippen molar-refractivity contribution in [3.63, 3.8) is 0 Å². The van der Waals surface area contributed by atoms with Crippen LogP contribution in [0.2, 0.25) is 0 Å². The van der Waals surface area contributed by atoms with Crippen molar-refractivity contribution >= 4 is 8.77 Å². The predicted molar refractivity (Wildman–Crippen MR) is 84.3 cm³/mol. The molecule has 0 heterocycles. The van der Waals surface area contributed by atoms with Gasteiger partial charge in [-0.05, 0) is 23.1 Å². The van der Waals surface area contributed by atoms with E-state index in [1.54, 1.807) is 12.1 Å². The standard InChI is InChI=1S/C17H19F2OP/c1-12(2)14-8-10-15(11-9-14)13(3)16-6-4-5-7-17(16)20-21(18)19/h4-13H,1-3H3. The van der Waals surface area contributed by atoms with E-state index in [4.69, 9.17) is 0 Å². The third kappa shape index (κ3) is 4.01. The molecule has 4 heteroatoms. The lowest BCUT2D eigenvalue weighted by Gasteiger charge is -2.17. The first kappa shape index (κ1) is 15.9. The van der Waals surface area contributed by atoms with Gasteiger partial charge in [0.2, 0.25) is 0 Å². The highest BCUT2D eigenvalue weighted by atomic mass is 31.2. The lowest BCUT2D eigenvalue weighted by atomic mass is 9.91. The Bertz CT molecular complexity index is 582. The van der Waals surface area contributed by atoms with Crippen LogP contribution in [0, 0.1) is 0 Å². The summed E-state index contributed by atoms with van der Waals surface area (Å²) in [6, 6.07) is 15.3. The van der Waals surface area contributed by atoms with Crippen molar-refractivity contribution in [3.8, 4) is 5.75 Å². The fourth-order valence-corrected chi connectivity index (χ4v) is 2.66. The Morgan fingerprint density at radius 1 is 0.857 bits per heavy atom. The van der Waals surface area contributed by atoms with Crippen LogP contribution in [0.25, 0.3) is 0 Å². The van der Waals surface area contributed by atoms with Gasteiger partial charge in [-0.1, -0.05) is 63.2 Å². The summed E-state index contributed by atoms with van der Waals surface area (Å²) in [6.07, 6.45) is 0. The normalized spacial score (nSPS) is 12.7. The third-order valence-electron chi connectivity index (χ3n) is 3.66. The molecule has 1 nitrogen and oxygen atoms in total. The van der Waals surface area contributed by atoms with Gasteiger partial charge in [0.05, 0.1) is 0 Å². The van der Waals surface area contributed by atoms with Gasteiger partial charge in [-0.25, -0.2) is 0 Å². The highest BCUT2D eigenvalue weighted by Crippen LogP contribution is 2.44. The molecule has 0 fully saturated rings. The van der Waals surface area contributed by atoms with Gasteiger partial charge in [0.15, 0.2) is 0 Å². The fourth-order valence-electron chi connectivity index (χ4n) is 2.34. The summed E-state index contributed by atoms with van der Waals surface area (Å²) in [6.45, 7) is 6.30. The van der Waals surface area contributed by atoms with E-state index in [2.05, 4.69) is 42.6 Å². The molecule has 2 aromatic carbocycles. The molecule has 0 spiro atoms. The highest BCUT2D eigenvalue weighted by Gasteiger charge is 2.17. The zero-order valence-corrected chi connectivity index (χ0v) is 13.3. The molecular formula is C17H19F2OP. The molecule has 0 aliphatic rings. The van der Waals surface area contributed by atoms with Gasteiger partial charge in [-0.15, -0.1) is 8.39 Å². The van der Waals surface area contributed by atoms with E-state index in [-0.39, 0.29) is 11.7 Å². The SMILES string of the molecule is CC(C)c1ccc(C(C)c2ccccc2OP(F)F)cc1. The van der Waals surface area contributed by atoms with E-state index < -0.39 is 8.77 Å². The molecular weight excluding hydrogens is 289 g/mol. The van der Waals surface area contributed by atoms with E-state index in [1.165, 1.54) is 5.56 Å². The maximum Gasteiger partial charge on any atom is 0.481 e. The molecule has 0 bridgehead atoms. The van der Waals surface area contributed by atoms with Crippen LogP contribution in [-0.4, -0.2) is 0 Å². The molecule has 0 saturated carbocycles. The second kappa shape index (κ2) is 7.00. The Balaban J connectivity index is 2.29. The van der Waals surface area contributed by atoms with E-state index in [0.29, 0.717) is 5.92 Å². The Morgan fingerprint density at radius 3 is 2.00 bits per heavy atom. The van der Waals surface area contributed by atoms with Gasteiger partial charge in [-0.2, -0.15) is 0 Å². The maximum absolute atomic E-state index is 12.6. The quantitative estimate of drug-likeness (QED) is 0.572. The number of para-hydroxylation sites is 1. The van der Waals surface area contributed by atoms with E-state index >= 15 is 0 Å². The van der Waals surface area contributed by atoms with Gasteiger partial charge in [0.25, 0.3) is 0 Å². The van der Waals surface area contributed by atoms with Crippen LogP contribution >= 0.6 is 8.77 Å². The van der Waals surface area contributed by atoms with Gasteiger partial charge < -0.3 is 4.52 Å².